The van der Waals surface area contributed by atoms with Crippen molar-refractivity contribution < 1.29 is 9.21 Å². The first kappa shape index (κ1) is 8.07. The van der Waals surface area contributed by atoms with Crippen molar-refractivity contribution in [3.05, 3.63) is 29.1 Å². The Balaban J connectivity index is 2.75. The standard InChI is InChI=1S/C8H5ClN2O2/c9-4-2-1-3-5-6(4)13-8(11-5)7(10)12/h1-3H,(H2,10,12). The van der Waals surface area contributed by atoms with Crippen LogP contribution in [-0.2, 0) is 0 Å². The molecule has 1 aromatic heterocycles. The third kappa shape index (κ3) is 1.25. The van der Waals surface area contributed by atoms with Gasteiger partial charge in [-0.2, -0.15) is 0 Å². The van der Waals surface area contributed by atoms with E-state index in [9.17, 15) is 4.79 Å². The third-order valence-corrected chi connectivity index (χ3v) is 1.88. The summed E-state index contributed by atoms with van der Waals surface area (Å²) >= 11 is 5.79. The van der Waals surface area contributed by atoms with E-state index < -0.39 is 5.91 Å². The number of aromatic nitrogens is 1. The first-order valence-corrected chi connectivity index (χ1v) is 3.91. The van der Waals surface area contributed by atoms with E-state index in [0.29, 0.717) is 16.1 Å². The summed E-state index contributed by atoms with van der Waals surface area (Å²) in [5, 5.41) is 0.414. The number of rotatable bonds is 1. The van der Waals surface area contributed by atoms with Crippen molar-refractivity contribution in [3.8, 4) is 0 Å². The number of nitrogens with two attached hydrogens (primary N) is 1. The van der Waals surface area contributed by atoms with E-state index in [1.807, 2.05) is 0 Å². The maximum atomic E-state index is 10.7. The molecule has 13 heavy (non-hydrogen) atoms. The fourth-order valence-corrected chi connectivity index (χ4v) is 1.23. The van der Waals surface area contributed by atoms with Crippen LogP contribution in [0.2, 0.25) is 5.02 Å². The number of benzene rings is 1. The number of amides is 1. The molecule has 0 saturated heterocycles. The van der Waals surface area contributed by atoms with E-state index >= 15 is 0 Å². The second kappa shape index (κ2) is 2.74. The van der Waals surface area contributed by atoms with Gasteiger partial charge in [0, 0.05) is 0 Å². The molecule has 2 aromatic rings. The van der Waals surface area contributed by atoms with E-state index in [0.717, 1.165) is 0 Å². The van der Waals surface area contributed by atoms with Gasteiger partial charge in [-0.1, -0.05) is 17.7 Å². The van der Waals surface area contributed by atoms with E-state index in [1.54, 1.807) is 18.2 Å². The lowest BCUT2D eigenvalue weighted by atomic mass is 10.3. The summed E-state index contributed by atoms with van der Waals surface area (Å²) in [6, 6.07) is 5.06. The number of carbonyl (C=O) groups is 1. The number of hydrogen-bond acceptors (Lipinski definition) is 3. The number of fused-ring (bicyclic) bond motifs is 1. The molecule has 5 heteroatoms. The molecule has 2 N–H and O–H groups in total. The summed E-state index contributed by atoms with van der Waals surface area (Å²) < 4.78 is 5.04. The van der Waals surface area contributed by atoms with Crippen LogP contribution in [-0.4, -0.2) is 10.9 Å². The lowest BCUT2D eigenvalue weighted by Crippen LogP contribution is -2.10. The average Bonchev–Trinajstić information content (AvgIpc) is 2.49. The van der Waals surface area contributed by atoms with Crippen LogP contribution in [0.3, 0.4) is 0 Å². The third-order valence-electron chi connectivity index (χ3n) is 1.58. The topological polar surface area (TPSA) is 69.1 Å². The maximum absolute atomic E-state index is 10.7. The smallest absolute Gasteiger partial charge is 0.304 e. The molecule has 0 spiro atoms. The normalized spacial score (nSPS) is 10.5. The zero-order valence-electron chi connectivity index (χ0n) is 6.45. The zero-order chi connectivity index (χ0) is 9.42. The number of nitrogens with zero attached hydrogens (tertiary/aromatic N) is 1. The van der Waals surface area contributed by atoms with Gasteiger partial charge in [0.1, 0.15) is 5.52 Å². The summed E-state index contributed by atoms with van der Waals surface area (Å²) in [4.78, 5) is 14.6. The van der Waals surface area contributed by atoms with Crippen LogP contribution in [0.1, 0.15) is 10.7 Å². The summed E-state index contributed by atoms with van der Waals surface area (Å²) in [5.74, 6) is -0.824. The number of primary amides is 1. The summed E-state index contributed by atoms with van der Waals surface area (Å²) in [7, 11) is 0. The highest BCUT2D eigenvalue weighted by molar-refractivity contribution is 6.34. The molecule has 1 aromatic carbocycles. The van der Waals surface area contributed by atoms with Crippen LogP contribution in [0, 0.1) is 0 Å². The Morgan fingerprint density at radius 2 is 2.31 bits per heavy atom. The molecule has 0 aliphatic carbocycles. The van der Waals surface area contributed by atoms with Gasteiger partial charge in [-0.05, 0) is 12.1 Å². The minimum atomic E-state index is -0.702. The van der Waals surface area contributed by atoms with Crippen LogP contribution >= 0.6 is 11.6 Å². The van der Waals surface area contributed by atoms with Gasteiger partial charge in [0.2, 0.25) is 0 Å². The molecule has 0 aliphatic heterocycles. The van der Waals surface area contributed by atoms with E-state index in [-0.39, 0.29) is 5.89 Å². The Morgan fingerprint density at radius 3 is 2.92 bits per heavy atom. The van der Waals surface area contributed by atoms with Gasteiger partial charge in [-0.15, -0.1) is 0 Å². The van der Waals surface area contributed by atoms with Gasteiger partial charge < -0.3 is 10.2 Å². The van der Waals surface area contributed by atoms with Gasteiger partial charge in [0.25, 0.3) is 5.89 Å². The number of halogens is 1. The fourth-order valence-electron chi connectivity index (χ4n) is 1.02. The lowest BCUT2D eigenvalue weighted by Gasteiger charge is -1.87. The minimum absolute atomic E-state index is 0.122. The van der Waals surface area contributed by atoms with Crippen LogP contribution in [0.25, 0.3) is 11.1 Å². The largest absolute Gasteiger partial charge is 0.431 e. The molecule has 4 nitrogen and oxygen atoms in total. The monoisotopic (exact) mass is 196 g/mol. The molecular weight excluding hydrogens is 192 g/mol. The predicted molar refractivity (Wildman–Crippen MR) is 47.5 cm³/mol. The molecule has 0 aliphatic rings. The van der Waals surface area contributed by atoms with E-state index in [1.165, 1.54) is 0 Å². The van der Waals surface area contributed by atoms with Crippen molar-refractivity contribution in [2.75, 3.05) is 0 Å². The van der Waals surface area contributed by atoms with E-state index in [4.69, 9.17) is 21.8 Å². The first-order chi connectivity index (χ1) is 6.18. The quantitative estimate of drug-likeness (QED) is 0.753. The summed E-state index contributed by atoms with van der Waals surface area (Å²) in [6.07, 6.45) is 0. The van der Waals surface area contributed by atoms with Gasteiger partial charge in [0.05, 0.1) is 5.02 Å². The van der Waals surface area contributed by atoms with Crippen molar-refractivity contribution in [2.45, 2.75) is 0 Å². The fraction of sp³-hybridized carbons (Fsp3) is 0. The Bertz CT molecular complexity index is 478. The van der Waals surface area contributed by atoms with Crippen LogP contribution in [0.5, 0.6) is 0 Å². The van der Waals surface area contributed by atoms with Crippen molar-refractivity contribution in [3.63, 3.8) is 0 Å². The molecule has 2 rings (SSSR count). The predicted octanol–water partition coefficient (Wildman–Crippen LogP) is 1.58. The second-order valence-electron chi connectivity index (χ2n) is 2.47. The van der Waals surface area contributed by atoms with Crippen molar-refractivity contribution >= 4 is 28.6 Å². The van der Waals surface area contributed by atoms with Crippen molar-refractivity contribution in [1.29, 1.82) is 0 Å². The molecular formula is C8H5ClN2O2. The van der Waals surface area contributed by atoms with Crippen molar-refractivity contribution in [2.24, 2.45) is 5.73 Å². The maximum Gasteiger partial charge on any atom is 0.304 e. The highest BCUT2D eigenvalue weighted by Gasteiger charge is 2.11. The van der Waals surface area contributed by atoms with Gasteiger partial charge in [-0.25, -0.2) is 4.98 Å². The molecule has 0 radical (unpaired) electrons. The number of oxazole rings is 1. The molecule has 0 fully saturated rings. The van der Waals surface area contributed by atoms with Crippen molar-refractivity contribution in [1.82, 2.24) is 4.98 Å². The SMILES string of the molecule is NC(=O)c1nc2cccc(Cl)c2o1. The zero-order valence-corrected chi connectivity index (χ0v) is 7.21. The van der Waals surface area contributed by atoms with Gasteiger partial charge in [-0.3, -0.25) is 4.79 Å². The van der Waals surface area contributed by atoms with Gasteiger partial charge >= 0.3 is 5.91 Å². The Hall–Kier alpha value is -1.55. The van der Waals surface area contributed by atoms with E-state index in [2.05, 4.69) is 4.98 Å². The number of hydrogen-bond donors (Lipinski definition) is 1. The van der Waals surface area contributed by atoms with Gasteiger partial charge in [0.15, 0.2) is 5.58 Å². The molecule has 66 valence electrons. The Kier molecular flexibility index (Phi) is 1.70. The molecule has 0 atom stereocenters. The van der Waals surface area contributed by atoms with Crippen LogP contribution in [0.15, 0.2) is 22.6 Å². The molecule has 0 unspecified atom stereocenters. The minimum Gasteiger partial charge on any atom is -0.431 e. The Labute approximate surface area is 78.3 Å². The van der Waals surface area contributed by atoms with Crippen LogP contribution in [0.4, 0.5) is 0 Å². The summed E-state index contributed by atoms with van der Waals surface area (Å²) in [6.45, 7) is 0. The number of carbonyl (C=O) groups excluding carboxylic acids is 1. The Morgan fingerprint density at radius 1 is 1.54 bits per heavy atom. The average molecular weight is 197 g/mol. The molecule has 0 bridgehead atoms. The first-order valence-electron chi connectivity index (χ1n) is 3.53. The highest BCUT2D eigenvalue weighted by atomic mass is 35.5. The lowest BCUT2D eigenvalue weighted by molar-refractivity contribution is 0.0969. The molecule has 0 saturated carbocycles. The molecule has 1 amide bonds. The second-order valence-corrected chi connectivity index (χ2v) is 2.88. The summed E-state index contributed by atoms with van der Waals surface area (Å²) in [5.41, 5.74) is 5.91. The number of para-hydroxylation sites is 1. The highest BCUT2D eigenvalue weighted by Crippen LogP contribution is 2.23. The molecule has 1 heterocycles. The van der Waals surface area contributed by atoms with Crippen LogP contribution < -0.4 is 5.73 Å².